The van der Waals surface area contributed by atoms with Crippen LogP contribution in [0.5, 0.6) is 0 Å². The molecule has 2 aromatic rings. The molecule has 0 aliphatic heterocycles. The molecular weight excluding hydrogens is 562 g/mol. The van der Waals surface area contributed by atoms with E-state index in [-0.39, 0.29) is 37.4 Å². The Morgan fingerprint density at radius 2 is 1.30 bits per heavy atom. The molecule has 10 nitrogen and oxygen atoms in total. The Bertz CT molecular complexity index is 1250. The van der Waals surface area contributed by atoms with Crippen molar-refractivity contribution in [2.45, 2.75) is 96.8 Å². The average Bonchev–Trinajstić information content (AvgIpc) is 3.25. The third-order valence-corrected chi connectivity index (χ3v) is 6.82. The molecule has 3 amide bonds. The molecule has 240 valence electrons. The van der Waals surface area contributed by atoms with E-state index in [4.69, 9.17) is 14.2 Å². The van der Waals surface area contributed by atoms with Gasteiger partial charge in [0.15, 0.2) is 0 Å². The number of fused-ring (bicyclic) bond motifs is 3. The van der Waals surface area contributed by atoms with E-state index in [1.807, 2.05) is 36.4 Å². The zero-order valence-electron chi connectivity index (χ0n) is 26.8. The summed E-state index contributed by atoms with van der Waals surface area (Å²) in [5.74, 6) is -0.812. The van der Waals surface area contributed by atoms with E-state index in [9.17, 15) is 19.2 Å². The van der Waals surface area contributed by atoms with E-state index in [1.54, 1.807) is 41.5 Å². The van der Waals surface area contributed by atoms with Gasteiger partial charge in [-0.1, -0.05) is 48.5 Å². The molecule has 0 radical (unpaired) electrons. The summed E-state index contributed by atoms with van der Waals surface area (Å²) in [6, 6.07) is 15.3. The highest BCUT2D eigenvalue weighted by Crippen LogP contribution is 2.44. The highest BCUT2D eigenvalue weighted by Gasteiger charge is 2.30. The van der Waals surface area contributed by atoms with Crippen LogP contribution in [0.4, 0.5) is 9.59 Å². The summed E-state index contributed by atoms with van der Waals surface area (Å²) in [5, 5.41) is 8.23. The van der Waals surface area contributed by atoms with E-state index in [2.05, 4.69) is 28.1 Å². The largest absolute Gasteiger partial charge is 0.460 e. The lowest BCUT2D eigenvalue weighted by atomic mass is 9.98. The zero-order valence-corrected chi connectivity index (χ0v) is 26.8. The van der Waals surface area contributed by atoms with Crippen LogP contribution >= 0.6 is 0 Å². The van der Waals surface area contributed by atoms with Gasteiger partial charge in [-0.05, 0) is 89.5 Å². The number of benzene rings is 2. The molecular formula is C34H47N3O7. The molecule has 1 aliphatic carbocycles. The molecule has 0 fully saturated rings. The highest BCUT2D eigenvalue weighted by molar-refractivity contribution is 5.85. The molecule has 44 heavy (non-hydrogen) atoms. The van der Waals surface area contributed by atoms with Gasteiger partial charge in [0.05, 0.1) is 0 Å². The fourth-order valence-electron chi connectivity index (χ4n) is 4.99. The zero-order chi connectivity index (χ0) is 32.3. The van der Waals surface area contributed by atoms with E-state index in [1.165, 1.54) is 0 Å². The topological polar surface area (TPSA) is 132 Å². The molecule has 10 heteroatoms. The van der Waals surface area contributed by atoms with Crippen LogP contribution < -0.4 is 16.0 Å². The van der Waals surface area contributed by atoms with Crippen LogP contribution in [0, 0.1) is 0 Å². The summed E-state index contributed by atoms with van der Waals surface area (Å²) < 4.78 is 16.2. The number of hydrogen-bond acceptors (Lipinski definition) is 7. The highest BCUT2D eigenvalue weighted by atomic mass is 16.6. The van der Waals surface area contributed by atoms with Gasteiger partial charge in [0.25, 0.3) is 0 Å². The molecule has 3 N–H and O–H groups in total. The average molecular weight is 610 g/mol. The van der Waals surface area contributed by atoms with Crippen LogP contribution in [-0.2, 0) is 23.8 Å². The minimum Gasteiger partial charge on any atom is -0.460 e. The number of nitrogens with one attached hydrogen (secondary N) is 3. The Labute approximate surface area is 260 Å². The van der Waals surface area contributed by atoms with Gasteiger partial charge in [0.2, 0.25) is 5.91 Å². The molecule has 1 unspecified atom stereocenters. The summed E-state index contributed by atoms with van der Waals surface area (Å²) in [6.07, 6.45) is 0.833. The number of carbonyl (C=O) groups excluding carboxylic acids is 4. The van der Waals surface area contributed by atoms with E-state index >= 15 is 0 Å². The summed E-state index contributed by atoms with van der Waals surface area (Å²) in [7, 11) is 0. The van der Waals surface area contributed by atoms with Crippen molar-refractivity contribution in [2.24, 2.45) is 0 Å². The minimum absolute atomic E-state index is 0.104. The Kier molecular flexibility index (Phi) is 12.2. The first-order valence-corrected chi connectivity index (χ1v) is 15.3. The summed E-state index contributed by atoms with van der Waals surface area (Å²) in [5.41, 5.74) is 3.28. The van der Waals surface area contributed by atoms with Gasteiger partial charge in [-0.25, -0.2) is 9.59 Å². The van der Waals surface area contributed by atoms with Crippen molar-refractivity contribution in [1.82, 2.24) is 16.0 Å². The normalized spacial score (nSPS) is 13.2. The Hall–Kier alpha value is -4.08. The minimum atomic E-state index is -0.853. The van der Waals surface area contributed by atoms with Crippen LogP contribution in [-0.4, -0.2) is 61.0 Å². The van der Waals surface area contributed by atoms with Crippen molar-refractivity contribution in [3.63, 3.8) is 0 Å². The van der Waals surface area contributed by atoms with Crippen molar-refractivity contribution in [3.8, 4) is 11.1 Å². The lowest BCUT2D eigenvalue weighted by Gasteiger charge is -2.21. The molecule has 3 rings (SSSR count). The SMILES string of the molecule is CC(C)(C)OC(=O)CCCNC(=O)C(CCCCNC(=O)OC(C)(C)C)NC(=O)OCC1c2ccccc2-c2ccccc21. The predicted octanol–water partition coefficient (Wildman–Crippen LogP) is 5.83. The standard InChI is InChI=1S/C34H47N3O7/c1-33(2,3)43-29(38)19-13-21-35-30(39)28(18-11-12-20-36-31(40)44-34(4,5)6)37-32(41)42-22-27-25-16-9-7-14-23(25)24-15-8-10-17-26(24)27/h7-10,14-17,27-28H,11-13,18-22H2,1-6H3,(H,35,39)(H,36,40)(H,37,41). The van der Waals surface area contributed by atoms with Gasteiger partial charge in [-0.3, -0.25) is 9.59 Å². The lowest BCUT2D eigenvalue weighted by molar-refractivity contribution is -0.155. The number of ether oxygens (including phenoxy) is 3. The van der Waals surface area contributed by atoms with Gasteiger partial charge in [0.1, 0.15) is 23.9 Å². The van der Waals surface area contributed by atoms with Crippen LogP contribution in [0.3, 0.4) is 0 Å². The molecule has 0 saturated carbocycles. The molecule has 1 aliphatic rings. The number of esters is 1. The Morgan fingerprint density at radius 1 is 0.727 bits per heavy atom. The first-order chi connectivity index (χ1) is 20.7. The molecule has 0 spiro atoms. The maximum absolute atomic E-state index is 13.1. The number of hydrogen-bond donors (Lipinski definition) is 3. The number of rotatable bonds is 13. The first-order valence-electron chi connectivity index (χ1n) is 15.3. The smallest absolute Gasteiger partial charge is 0.407 e. The molecule has 0 bridgehead atoms. The van der Waals surface area contributed by atoms with Crippen molar-refractivity contribution < 1.29 is 33.4 Å². The molecule has 1 atom stereocenters. The first kappa shape index (κ1) is 34.4. The monoisotopic (exact) mass is 609 g/mol. The van der Waals surface area contributed by atoms with Crippen LogP contribution in [0.1, 0.15) is 90.7 Å². The number of carbonyl (C=O) groups is 4. The number of alkyl carbamates (subject to hydrolysis) is 2. The second-order valence-electron chi connectivity index (χ2n) is 12.9. The van der Waals surface area contributed by atoms with Gasteiger partial charge in [-0.2, -0.15) is 0 Å². The summed E-state index contributed by atoms with van der Waals surface area (Å²) >= 11 is 0. The number of amides is 3. The molecule has 0 heterocycles. The third-order valence-electron chi connectivity index (χ3n) is 6.82. The van der Waals surface area contributed by atoms with Crippen molar-refractivity contribution in [1.29, 1.82) is 0 Å². The lowest BCUT2D eigenvalue weighted by Crippen LogP contribution is -2.47. The van der Waals surface area contributed by atoms with Gasteiger partial charge < -0.3 is 30.2 Å². The summed E-state index contributed by atoms with van der Waals surface area (Å²) in [6.45, 7) is 11.5. The Morgan fingerprint density at radius 3 is 1.89 bits per heavy atom. The van der Waals surface area contributed by atoms with Crippen LogP contribution in [0.15, 0.2) is 48.5 Å². The fraction of sp³-hybridized carbons (Fsp3) is 0.529. The maximum atomic E-state index is 13.1. The van der Waals surface area contributed by atoms with E-state index < -0.39 is 29.4 Å². The number of unbranched alkanes of at least 4 members (excludes halogenated alkanes) is 1. The second-order valence-corrected chi connectivity index (χ2v) is 12.9. The fourth-order valence-corrected chi connectivity index (χ4v) is 4.99. The van der Waals surface area contributed by atoms with Gasteiger partial charge >= 0.3 is 18.2 Å². The third kappa shape index (κ3) is 11.2. The van der Waals surface area contributed by atoms with Crippen LogP contribution in [0.25, 0.3) is 11.1 Å². The van der Waals surface area contributed by atoms with E-state index in [0.717, 1.165) is 22.3 Å². The molecule has 0 saturated heterocycles. The van der Waals surface area contributed by atoms with Crippen LogP contribution in [0.2, 0.25) is 0 Å². The van der Waals surface area contributed by atoms with Crippen molar-refractivity contribution in [2.75, 3.05) is 19.7 Å². The van der Waals surface area contributed by atoms with Crippen molar-refractivity contribution in [3.05, 3.63) is 59.7 Å². The predicted molar refractivity (Wildman–Crippen MR) is 168 cm³/mol. The van der Waals surface area contributed by atoms with Gasteiger partial charge in [0, 0.05) is 25.4 Å². The molecule has 0 aromatic heterocycles. The quantitative estimate of drug-likeness (QED) is 0.148. The van der Waals surface area contributed by atoms with E-state index in [0.29, 0.717) is 32.2 Å². The molecule has 2 aromatic carbocycles. The summed E-state index contributed by atoms with van der Waals surface area (Å²) in [4.78, 5) is 49.9. The van der Waals surface area contributed by atoms with Gasteiger partial charge in [-0.15, -0.1) is 0 Å². The maximum Gasteiger partial charge on any atom is 0.407 e. The second kappa shape index (κ2) is 15.6. The van der Waals surface area contributed by atoms with Crippen molar-refractivity contribution >= 4 is 24.1 Å². The Balaban J connectivity index is 1.54.